The number of benzene rings is 2. The second-order valence-electron chi connectivity index (χ2n) is 3.62. The van der Waals surface area contributed by atoms with Crippen LogP contribution in [-0.2, 0) is 0 Å². The third kappa shape index (κ3) is 4.57. The van der Waals surface area contributed by atoms with E-state index in [9.17, 15) is 4.79 Å². The molecule has 4 heteroatoms. The first-order valence-corrected chi connectivity index (χ1v) is 5.27. The second-order valence-corrected chi connectivity index (χ2v) is 3.62. The van der Waals surface area contributed by atoms with Crippen LogP contribution in [0.5, 0.6) is 17.2 Å². The van der Waals surface area contributed by atoms with Crippen molar-refractivity contribution in [1.29, 1.82) is 0 Å². The van der Waals surface area contributed by atoms with Gasteiger partial charge in [0.2, 0.25) is 0 Å². The van der Waals surface area contributed by atoms with Crippen LogP contribution in [0.2, 0.25) is 0 Å². The topological polar surface area (TPSA) is 77.8 Å². The Hall–Kier alpha value is -2.49. The van der Waals surface area contributed by atoms with Crippen molar-refractivity contribution in [1.82, 2.24) is 0 Å². The molecule has 0 saturated heterocycles. The van der Waals surface area contributed by atoms with Gasteiger partial charge < -0.3 is 15.3 Å². The summed E-state index contributed by atoms with van der Waals surface area (Å²) in [6, 6.07) is 12.0. The van der Waals surface area contributed by atoms with Crippen LogP contribution in [-0.4, -0.2) is 21.1 Å². The zero-order chi connectivity index (χ0) is 13.5. The fourth-order valence-electron chi connectivity index (χ4n) is 1.19. The fraction of sp³-hybridized carbons (Fsp3) is 0.0714. The predicted molar refractivity (Wildman–Crippen MR) is 67.9 cm³/mol. The molecule has 0 unspecified atom stereocenters. The van der Waals surface area contributed by atoms with E-state index >= 15 is 0 Å². The lowest BCUT2D eigenvalue weighted by molar-refractivity contribution is 0.101. The quantitative estimate of drug-likeness (QED) is 0.676. The van der Waals surface area contributed by atoms with Gasteiger partial charge in [0.25, 0.3) is 0 Å². The molecule has 0 radical (unpaired) electrons. The SMILES string of the molecule is CC(=O)c1ccc(O)cc1.Oc1cccc(O)c1. The summed E-state index contributed by atoms with van der Waals surface area (Å²) in [7, 11) is 0. The number of rotatable bonds is 1. The Kier molecular flexibility index (Phi) is 4.75. The van der Waals surface area contributed by atoms with Crippen molar-refractivity contribution < 1.29 is 20.1 Å². The lowest BCUT2D eigenvalue weighted by atomic mass is 10.1. The van der Waals surface area contributed by atoms with Gasteiger partial charge in [-0.15, -0.1) is 0 Å². The molecular weight excluding hydrogens is 232 g/mol. The Bertz CT molecular complexity index is 500. The van der Waals surface area contributed by atoms with Crippen LogP contribution in [0, 0.1) is 0 Å². The van der Waals surface area contributed by atoms with E-state index in [4.69, 9.17) is 15.3 Å². The minimum absolute atomic E-state index is 0.0139. The number of ketones is 1. The Morgan fingerprint density at radius 1 is 0.833 bits per heavy atom. The van der Waals surface area contributed by atoms with Crippen LogP contribution in [0.3, 0.4) is 0 Å². The molecule has 2 aromatic rings. The molecule has 0 aromatic heterocycles. The van der Waals surface area contributed by atoms with Crippen LogP contribution in [0.25, 0.3) is 0 Å². The molecule has 0 aliphatic heterocycles. The molecule has 0 spiro atoms. The maximum atomic E-state index is 10.7. The summed E-state index contributed by atoms with van der Waals surface area (Å²) in [5, 5.41) is 26.1. The fourth-order valence-corrected chi connectivity index (χ4v) is 1.19. The van der Waals surface area contributed by atoms with Gasteiger partial charge in [-0.1, -0.05) is 6.07 Å². The lowest BCUT2D eigenvalue weighted by Gasteiger charge is -1.93. The van der Waals surface area contributed by atoms with Gasteiger partial charge in [-0.05, 0) is 43.3 Å². The Labute approximate surface area is 105 Å². The highest BCUT2D eigenvalue weighted by molar-refractivity contribution is 5.94. The molecule has 0 atom stereocenters. The number of carbonyl (C=O) groups excluding carboxylic acids is 1. The first-order valence-electron chi connectivity index (χ1n) is 5.27. The monoisotopic (exact) mass is 246 g/mol. The highest BCUT2D eigenvalue weighted by Crippen LogP contribution is 2.14. The van der Waals surface area contributed by atoms with Gasteiger partial charge in [0.05, 0.1) is 0 Å². The molecule has 0 aliphatic rings. The van der Waals surface area contributed by atoms with Crippen molar-refractivity contribution >= 4 is 5.78 Å². The average Bonchev–Trinajstić information content (AvgIpc) is 2.30. The molecule has 0 amide bonds. The summed E-state index contributed by atoms with van der Waals surface area (Å²) in [4.78, 5) is 10.7. The maximum Gasteiger partial charge on any atom is 0.159 e. The Balaban J connectivity index is 0.000000184. The van der Waals surface area contributed by atoms with Gasteiger partial charge in [0, 0.05) is 11.6 Å². The lowest BCUT2D eigenvalue weighted by Crippen LogP contribution is -1.89. The molecule has 0 heterocycles. The summed E-state index contributed by atoms with van der Waals surface area (Å²) in [5.41, 5.74) is 0.623. The van der Waals surface area contributed by atoms with Crippen LogP contribution < -0.4 is 0 Å². The minimum atomic E-state index is 0.0139. The molecule has 0 aliphatic carbocycles. The van der Waals surface area contributed by atoms with Crippen molar-refractivity contribution in [3.05, 3.63) is 54.1 Å². The molecule has 4 nitrogen and oxygen atoms in total. The van der Waals surface area contributed by atoms with Gasteiger partial charge in [-0.25, -0.2) is 0 Å². The number of aromatic hydroxyl groups is 3. The van der Waals surface area contributed by atoms with E-state index in [0.717, 1.165) is 0 Å². The normalized spacial score (nSPS) is 9.17. The molecule has 0 saturated carbocycles. The molecule has 18 heavy (non-hydrogen) atoms. The summed E-state index contributed by atoms with van der Waals surface area (Å²) >= 11 is 0. The first-order chi connectivity index (χ1) is 8.49. The highest BCUT2D eigenvalue weighted by atomic mass is 16.3. The minimum Gasteiger partial charge on any atom is -0.508 e. The van der Waals surface area contributed by atoms with E-state index in [2.05, 4.69) is 0 Å². The molecule has 0 fully saturated rings. The highest BCUT2D eigenvalue weighted by Gasteiger charge is 1.96. The van der Waals surface area contributed by atoms with Crippen molar-refractivity contribution in [2.45, 2.75) is 6.92 Å². The van der Waals surface area contributed by atoms with Crippen molar-refractivity contribution in [3.8, 4) is 17.2 Å². The maximum absolute atomic E-state index is 10.7. The van der Waals surface area contributed by atoms with E-state index in [1.165, 1.54) is 37.3 Å². The first kappa shape index (κ1) is 13.6. The van der Waals surface area contributed by atoms with Gasteiger partial charge in [-0.3, -0.25) is 4.79 Å². The van der Waals surface area contributed by atoms with Crippen molar-refractivity contribution in [2.24, 2.45) is 0 Å². The van der Waals surface area contributed by atoms with Crippen LogP contribution in [0.1, 0.15) is 17.3 Å². The zero-order valence-corrected chi connectivity index (χ0v) is 9.87. The zero-order valence-electron chi connectivity index (χ0n) is 9.87. The van der Waals surface area contributed by atoms with E-state index in [-0.39, 0.29) is 23.0 Å². The van der Waals surface area contributed by atoms with Gasteiger partial charge >= 0.3 is 0 Å². The molecule has 2 rings (SSSR count). The van der Waals surface area contributed by atoms with Crippen molar-refractivity contribution in [3.63, 3.8) is 0 Å². The predicted octanol–water partition coefficient (Wildman–Crippen LogP) is 2.69. The standard InChI is InChI=1S/C8H8O2.C6H6O2/c1-6(9)7-2-4-8(10)5-3-7;7-5-2-1-3-6(8)4-5/h2-5,10H,1H3;1-4,7-8H. The van der Waals surface area contributed by atoms with E-state index in [0.29, 0.717) is 5.56 Å². The summed E-state index contributed by atoms with van der Waals surface area (Å²) in [5.74, 6) is 0.375. The summed E-state index contributed by atoms with van der Waals surface area (Å²) in [6.45, 7) is 1.49. The number of phenolic OH excluding ortho intramolecular Hbond substituents is 3. The van der Waals surface area contributed by atoms with Gasteiger partial charge in [-0.2, -0.15) is 0 Å². The average molecular weight is 246 g/mol. The largest absolute Gasteiger partial charge is 0.508 e. The van der Waals surface area contributed by atoms with Crippen LogP contribution in [0.15, 0.2) is 48.5 Å². The van der Waals surface area contributed by atoms with Crippen LogP contribution >= 0.6 is 0 Å². The molecule has 3 N–H and O–H groups in total. The number of Topliss-reactive ketones (excluding diaryl/α,β-unsaturated/α-hetero) is 1. The van der Waals surface area contributed by atoms with Gasteiger partial charge in [0.15, 0.2) is 5.78 Å². The summed E-state index contributed by atoms with van der Waals surface area (Å²) in [6.07, 6.45) is 0. The summed E-state index contributed by atoms with van der Waals surface area (Å²) < 4.78 is 0. The third-order valence-corrected chi connectivity index (χ3v) is 2.10. The third-order valence-electron chi connectivity index (χ3n) is 2.10. The van der Waals surface area contributed by atoms with E-state index < -0.39 is 0 Å². The van der Waals surface area contributed by atoms with E-state index in [1.807, 2.05) is 0 Å². The molecular formula is C14H14O4. The second kappa shape index (κ2) is 6.30. The van der Waals surface area contributed by atoms with Crippen molar-refractivity contribution in [2.75, 3.05) is 0 Å². The molecule has 0 bridgehead atoms. The molecule has 94 valence electrons. The number of phenols is 3. The van der Waals surface area contributed by atoms with E-state index in [1.54, 1.807) is 18.2 Å². The number of hydrogen-bond donors (Lipinski definition) is 3. The van der Waals surface area contributed by atoms with Gasteiger partial charge in [0.1, 0.15) is 17.2 Å². The molecule has 2 aromatic carbocycles. The smallest absolute Gasteiger partial charge is 0.159 e. The number of carbonyl (C=O) groups is 1. The number of hydrogen-bond acceptors (Lipinski definition) is 4. The van der Waals surface area contributed by atoms with Crippen LogP contribution in [0.4, 0.5) is 0 Å². The Morgan fingerprint density at radius 3 is 1.67 bits per heavy atom. The Morgan fingerprint density at radius 2 is 1.33 bits per heavy atom.